The molecule has 0 atom stereocenters. The maximum atomic E-state index is 5.57. The van der Waals surface area contributed by atoms with Gasteiger partial charge in [0.25, 0.3) is 0 Å². The zero-order valence-electron chi connectivity index (χ0n) is 16.4. The van der Waals surface area contributed by atoms with E-state index in [0.29, 0.717) is 12.4 Å². The fourth-order valence-electron chi connectivity index (χ4n) is 2.84. The monoisotopic (exact) mass is 377 g/mol. The van der Waals surface area contributed by atoms with E-state index >= 15 is 0 Å². The first kappa shape index (κ1) is 19.6. The topological polar surface area (TPSA) is 65.7 Å². The van der Waals surface area contributed by atoms with Gasteiger partial charge in [0.05, 0.1) is 12.2 Å². The van der Waals surface area contributed by atoms with E-state index in [4.69, 9.17) is 4.42 Å². The highest BCUT2D eigenvalue weighted by Crippen LogP contribution is 2.17. The third-order valence-corrected chi connectivity index (χ3v) is 4.31. The molecule has 2 N–H and O–H groups in total. The van der Waals surface area contributed by atoms with Crippen LogP contribution in [0.3, 0.4) is 0 Å². The van der Waals surface area contributed by atoms with Crippen LogP contribution < -0.4 is 10.6 Å². The first-order valence-corrected chi connectivity index (χ1v) is 9.41. The van der Waals surface area contributed by atoms with Crippen molar-refractivity contribution in [1.82, 2.24) is 20.5 Å². The summed E-state index contributed by atoms with van der Waals surface area (Å²) in [5, 5.41) is 6.61. The van der Waals surface area contributed by atoms with E-state index < -0.39 is 0 Å². The van der Waals surface area contributed by atoms with Crippen molar-refractivity contribution in [2.75, 3.05) is 27.2 Å². The Morgan fingerprint density at radius 1 is 1.04 bits per heavy atom. The molecular weight excluding hydrogens is 350 g/mol. The SMILES string of the molecule is CN=C(NCCN(C)Cc1ccccc1)NCc1coc(-c2ccccc2)n1. The molecule has 28 heavy (non-hydrogen) atoms. The van der Waals surface area contributed by atoms with Gasteiger partial charge in [-0.1, -0.05) is 48.5 Å². The largest absolute Gasteiger partial charge is 0.444 e. The van der Waals surface area contributed by atoms with Gasteiger partial charge in [-0.25, -0.2) is 4.98 Å². The smallest absolute Gasteiger partial charge is 0.226 e. The van der Waals surface area contributed by atoms with Crippen LogP contribution in [0.5, 0.6) is 0 Å². The van der Waals surface area contributed by atoms with E-state index in [1.165, 1.54) is 5.56 Å². The summed E-state index contributed by atoms with van der Waals surface area (Å²) in [4.78, 5) is 11.1. The first-order chi connectivity index (χ1) is 13.7. The summed E-state index contributed by atoms with van der Waals surface area (Å²) in [7, 11) is 3.88. The molecule has 0 amide bonds. The molecule has 1 heterocycles. The Hall–Kier alpha value is -3.12. The molecule has 3 aromatic rings. The van der Waals surface area contributed by atoms with Crippen LogP contribution in [-0.4, -0.2) is 43.0 Å². The minimum absolute atomic E-state index is 0.551. The summed E-state index contributed by atoms with van der Waals surface area (Å²) < 4.78 is 5.57. The Labute approximate surface area is 166 Å². The molecule has 0 unspecified atom stereocenters. The fourth-order valence-corrected chi connectivity index (χ4v) is 2.84. The van der Waals surface area contributed by atoms with Crippen LogP contribution in [0.4, 0.5) is 0 Å². The predicted octanol–water partition coefficient (Wildman–Crippen LogP) is 3.14. The number of hydrogen-bond acceptors (Lipinski definition) is 4. The second-order valence-electron chi connectivity index (χ2n) is 6.59. The van der Waals surface area contributed by atoms with Crippen LogP contribution in [0.25, 0.3) is 11.5 Å². The zero-order valence-corrected chi connectivity index (χ0v) is 16.4. The average Bonchev–Trinajstić information content (AvgIpc) is 3.21. The van der Waals surface area contributed by atoms with E-state index in [9.17, 15) is 0 Å². The lowest BCUT2D eigenvalue weighted by Gasteiger charge is -2.18. The van der Waals surface area contributed by atoms with Crippen LogP contribution in [0.1, 0.15) is 11.3 Å². The third kappa shape index (κ3) is 5.96. The molecule has 1 aromatic heterocycles. The van der Waals surface area contributed by atoms with Gasteiger partial charge in [0.1, 0.15) is 6.26 Å². The van der Waals surface area contributed by atoms with Crippen LogP contribution in [-0.2, 0) is 13.1 Å². The van der Waals surface area contributed by atoms with E-state index in [1.807, 2.05) is 36.4 Å². The van der Waals surface area contributed by atoms with Crippen molar-refractivity contribution < 1.29 is 4.42 Å². The lowest BCUT2D eigenvalue weighted by molar-refractivity contribution is 0.331. The second-order valence-corrected chi connectivity index (χ2v) is 6.59. The molecule has 6 heteroatoms. The van der Waals surface area contributed by atoms with Crippen molar-refractivity contribution in [2.24, 2.45) is 4.99 Å². The Morgan fingerprint density at radius 3 is 2.46 bits per heavy atom. The molecule has 0 saturated carbocycles. The summed E-state index contributed by atoms with van der Waals surface area (Å²) in [5.41, 5.74) is 3.12. The number of nitrogens with one attached hydrogen (secondary N) is 2. The van der Waals surface area contributed by atoms with Gasteiger partial charge in [-0.05, 0) is 24.7 Å². The number of aromatic nitrogens is 1. The summed E-state index contributed by atoms with van der Waals surface area (Å²) in [6, 6.07) is 20.3. The molecule has 0 saturated heterocycles. The molecule has 0 spiro atoms. The number of guanidine groups is 1. The number of oxazole rings is 1. The van der Waals surface area contributed by atoms with E-state index in [1.54, 1.807) is 13.3 Å². The molecule has 6 nitrogen and oxygen atoms in total. The van der Waals surface area contributed by atoms with Gasteiger partial charge >= 0.3 is 0 Å². The van der Waals surface area contributed by atoms with E-state index in [2.05, 4.69) is 56.8 Å². The molecule has 0 radical (unpaired) electrons. The second kappa shape index (κ2) is 10.3. The fraction of sp³-hybridized carbons (Fsp3) is 0.273. The molecule has 0 aliphatic carbocycles. The highest BCUT2D eigenvalue weighted by molar-refractivity contribution is 5.79. The molecule has 0 fully saturated rings. The number of aliphatic imine (C=N–C) groups is 1. The number of nitrogens with zero attached hydrogens (tertiary/aromatic N) is 3. The van der Waals surface area contributed by atoms with Crippen molar-refractivity contribution in [3.05, 3.63) is 78.2 Å². The minimum Gasteiger partial charge on any atom is -0.444 e. The zero-order chi connectivity index (χ0) is 19.6. The Balaban J connectivity index is 1.41. The maximum Gasteiger partial charge on any atom is 0.226 e. The normalized spacial score (nSPS) is 11.6. The maximum absolute atomic E-state index is 5.57. The van der Waals surface area contributed by atoms with Crippen LogP contribution in [0, 0.1) is 0 Å². The van der Waals surface area contributed by atoms with Crippen molar-refractivity contribution in [1.29, 1.82) is 0 Å². The van der Waals surface area contributed by atoms with Gasteiger partial charge in [-0.2, -0.15) is 0 Å². The summed E-state index contributed by atoms with van der Waals surface area (Å²) in [5.74, 6) is 1.38. The lowest BCUT2D eigenvalue weighted by atomic mass is 10.2. The van der Waals surface area contributed by atoms with E-state index in [-0.39, 0.29) is 0 Å². The molecule has 146 valence electrons. The number of likely N-dealkylation sites (N-methyl/N-ethyl adjacent to an activating group) is 1. The van der Waals surface area contributed by atoms with Gasteiger partial charge in [0.15, 0.2) is 5.96 Å². The summed E-state index contributed by atoms with van der Waals surface area (Å²) in [6.45, 7) is 3.19. The third-order valence-electron chi connectivity index (χ3n) is 4.31. The minimum atomic E-state index is 0.551. The molecule has 0 bridgehead atoms. The van der Waals surface area contributed by atoms with Gasteiger partial charge < -0.3 is 20.0 Å². The standard InChI is InChI=1S/C22H27N5O/c1-23-22(24-13-14-27(2)16-18-9-5-3-6-10-18)25-15-20-17-28-21(26-20)19-11-7-4-8-12-19/h3-12,17H,13-16H2,1-2H3,(H2,23,24,25). The highest BCUT2D eigenvalue weighted by Gasteiger charge is 2.07. The molecule has 3 rings (SSSR count). The van der Waals surface area contributed by atoms with Crippen LogP contribution in [0.15, 0.2) is 76.3 Å². The Bertz CT molecular complexity index is 861. The predicted molar refractivity (Wildman–Crippen MR) is 113 cm³/mol. The van der Waals surface area contributed by atoms with Crippen LogP contribution in [0.2, 0.25) is 0 Å². The Kier molecular flexibility index (Phi) is 7.21. The average molecular weight is 377 g/mol. The van der Waals surface area contributed by atoms with Gasteiger partial charge in [0, 0.05) is 32.2 Å². The van der Waals surface area contributed by atoms with Crippen molar-refractivity contribution in [3.8, 4) is 11.5 Å². The van der Waals surface area contributed by atoms with Crippen molar-refractivity contribution >= 4 is 5.96 Å². The van der Waals surface area contributed by atoms with Crippen molar-refractivity contribution in [2.45, 2.75) is 13.1 Å². The van der Waals surface area contributed by atoms with Gasteiger partial charge in [-0.3, -0.25) is 4.99 Å². The molecule has 2 aromatic carbocycles. The Morgan fingerprint density at radius 2 is 1.75 bits per heavy atom. The summed E-state index contributed by atoms with van der Waals surface area (Å²) >= 11 is 0. The molecular formula is C22H27N5O. The van der Waals surface area contributed by atoms with E-state index in [0.717, 1.165) is 36.9 Å². The first-order valence-electron chi connectivity index (χ1n) is 9.41. The lowest BCUT2D eigenvalue weighted by Crippen LogP contribution is -2.40. The molecule has 0 aliphatic rings. The van der Waals surface area contributed by atoms with Gasteiger partial charge in [-0.15, -0.1) is 0 Å². The van der Waals surface area contributed by atoms with Crippen LogP contribution >= 0.6 is 0 Å². The number of hydrogen-bond donors (Lipinski definition) is 2. The van der Waals surface area contributed by atoms with Crippen molar-refractivity contribution in [3.63, 3.8) is 0 Å². The summed E-state index contributed by atoms with van der Waals surface area (Å²) in [6.07, 6.45) is 1.68. The highest BCUT2D eigenvalue weighted by atomic mass is 16.3. The number of benzene rings is 2. The number of rotatable bonds is 8. The quantitative estimate of drug-likeness (QED) is 0.466. The van der Waals surface area contributed by atoms with Gasteiger partial charge in [0.2, 0.25) is 5.89 Å². The molecule has 0 aliphatic heterocycles.